The number of tetrazole rings is 1. The summed E-state index contributed by atoms with van der Waals surface area (Å²) in [5, 5.41) is 18.7. The van der Waals surface area contributed by atoms with E-state index in [-0.39, 0.29) is 5.82 Å². The first kappa shape index (κ1) is 5.60. The van der Waals surface area contributed by atoms with Gasteiger partial charge in [-0.25, -0.2) is 0 Å². The molecule has 0 saturated heterocycles. The summed E-state index contributed by atoms with van der Waals surface area (Å²) in [5.41, 5.74) is 0. The van der Waals surface area contributed by atoms with E-state index in [2.05, 4.69) is 15.4 Å². The molecule has 1 heterocycles. The van der Waals surface area contributed by atoms with Gasteiger partial charge in [0.1, 0.15) is 5.21 Å². The molecule has 0 aliphatic rings. The van der Waals surface area contributed by atoms with Crippen LogP contribution in [0.15, 0.2) is 0 Å². The Kier molecular flexibility index (Phi) is 1.10. The van der Waals surface area contributed by atoms with Gasteiger partial charge in [0.25, 0.3) is 5.82 Å². The summed E-state index contributed by atoms with van der Waals surface area (Å²) in [6.45, 7) is 1.52. The van der Waals surface area contributed by atoms with E-state index < -0.39 is 5.03 Å². The van der Waals surface area contributed by atoms with Crippen LogP contribution in [0.4, 0.5) is 0 Å². The number of nitrogens with zero attached hydrogens (tertiary/aromatic N) is 5. The highest BCUT2D eigenvalue weighted by molar-refractivity contribution is 4.64. The highest BCUT2D eigenvalue weighted by atomic mass is 16.7. The van der Waals surface area contributed by atoms with Crippen LogP contribution in [0.2, 0.25) is 0 Å². The molecule has 0 fully saturated rings. The van der Waals surface area contributed by atoms with Crippen LogP contribution in [0.3, 0.4) is 0 Å². The van der Waals surface area contributed by atoms with E-state index in [1.807, 2.05) is 0 Å². The second-order valence-electron chi connectivity index (χ2n) is 1.34. The molecule has 1 aromatic rings. The van der Waals surface area contributed by atoms with E-state index in [0.29, 0.717) is 4.91 Å². The summed E-state index contributed by atoms with van der Waals surface area (Å²) in [6.07, 6.45) is 0. The Morgan fingerprint density at radius 1 is 1.78 bits per heavy atom. The lowest BCUT2D eigenvalue weighted by atomic mass is 10.8. The number of rotatable bonds is 1. The molecule has 0 unspecified atom stereocenters. The molecule has 0 N–H and O–H groups in total. The zero-order valence-corrected chi connectivity index (χ0v) is 4.55. The van der Waals surface area contributed by atoms with Gasteiger partial charge in [-0.15, -0.1) is 0 Å². The van der Waals surface area contributed by atoms with E-state index in [1.165, 1.54) is 6.92 Å². The molecule has 0 bridgehead atoms. The average molecular weight is 129 g/mol. The zero-order chi connectivity index (χ0) is 6.85. The Bertz CT molecular complexity index is 229. The zero-order valence-electron chi connectivity index (χ0n) is 4.55. The summed E-state index contributed by atoms with van der Waals surface area (Å²) in [6, 6.07) is 0. The SMILES string of the molecule is Cc1nnn([N+](=O)[O-])n1. The molecule has 1 aromatic heterocycles. The number of hydrogen-bond donors (Lipinski definition) is 0. The predicted octanol–water partition coefficient (Wildman–Crippen LogP) is -0.979. The molecule has 48 valence electrons. The van der Waals surface area contributed by atoms with Crippen LogP contribution >= 0.6 is 0 Å². The molecule has 0 spiro atoms. The fourth-order valence-electron chi connectivity index (χ4n) is 0.343. The van der Waals surface area contributed by atoms with Gasteiger partial charge in [-0.2, -0.15) is 0 Å². The van der Waals surface area contributed by atoms with E-state index in [1.54, 1.807) is 0 Å². The van der Waals surface area contributed by atoms with E-state index in [4.69, 9.17) is 0 Å². The topological polar surface area (TPSA) is 86.7 Å². The van der Waals surface area contributed by atoms with Crippen LogP contribution in [0.25, 0.3) is 0 Å². The molecule has 7 nitrogen and oxygen atoms in total. The van der Waals surface area contributed by atoms with Crippen LogP contribution in [-0.2, 0) is 0 Å². The van der Waals surface area contributed by atoms with Gasteiger partial charge in [0.15, 0.2) is 4.91 Å². The summed E-state index contributed by atoms with van der Waals surface area (Å²) in [4.78, 5) is 10.1. The van der Waals surface area contributed by atoms with E-state index in [9.17, 15) is 10.1 Å². The third-order valence-corrected chi connectivity index (χ3v) is 0.650. The Labute approximate surface area is 49.4 Å². The van der Waals surface area contributed by atoms with E-state index >= 15 is 0 Å². The van der Waals surface area contributed by atoms with Crippen molar-refractivity contribution in [1.29, 1.82) is 0 Å². The van der Waals surface area contributed by atoms with Crippen LogP contribution in [0.1, 0.15) is 5.82 Å². The molecular formula is C2H3N5O2. The molecular weight excluding hydrogens is 126 g/mol. The summed E-state index contributed by atoms with van der Waals surface area (Å²) in [5.74, 6) is 0.284. The van der Waals surface area contributed by atoms with Crippen molar-refractivity contribution in [3.8, 4) is 0 Å². The second-order valence-corrected chi connectivity index (χ2v) is 1.34. The minimum Gasteiger partial charge on any atom is -0.372 e. The first-order chi connectivity index (χ1) is 4.20. The van der Waals surface area contributed by atoms with Gasteiger partial charge in [0, 0.05) is 17.1 Å². The maximum absolute atomic E-state index is 9.82. The molecule has 0 aliphatic carbocycles. The van der Waals surface area contributed by atoms with Crippen LogP contribution < -0.4 is 0 Å². The number of hydrogen-bond acceptors (Lipinski definition) is 5. The summed E-state index contributed by atoms with van der Waals surface area (Å²) >= 11 is 0. The third-order valence-electron chi connectivity index (χ3n) is 0.650. The Morgan fingerprint density at radius 2 is 2.44 bits per heavy atom. The average Bonchev–Trinajstić information content (AvgIpc) is 2.14. The van der Waals surface area contributed by atoms with Gasteiger partial charge >= 0.3 is 0 Å². The highest BCUT2D eigenvalue weighted by Gasteiger charge is 2.06. The minimum absolute atomic E-state index is 0.284. The summed E-state index contributed by atoms with van der Waals surface area (Å²) in [7, 11) is 0. The molecule has 0 aromatic carbocycles. The standard InChI is InChI=1S/C2H3N5O2/c1-2-3-5-6(4-2)7(8)9/h1H3. The Morgan fingerprint density at radius 3 is 2.67 bits per heavy atom. The van der Waals surface area contributed by atoms with Gasteiger partial charge < -0.3 is 10.1 Å². The lowest BCUT2D eigenvalue weighted by molar-refractivity contribution is -0.564. The number of nitro groups is 1. The lowest BCUT2D eigenvalue weighted by Crippen LogP contribution is -2.12. The van der Waals surface area contributed by atoms with Crippen LogP contribution in [-0.4, -0.2) is 25.3 Å². The molecule has 7 heteroatoms. The maximum atomic E-state index is 9.82. The summed E-state index contributed by atoms with van der Waals surface area (Å²) < 4.78 is 0. The van der Waals surface area contributed by atoms with Crippen LogP contribution in [0, 0.1) is 17.0 Å². The van der Waals surface area contributed by atoms with Gasteiger partial charge in [-0.3, -0.25) is 0 Å². The van der Waals surface area contributed by atoms with Gasteiger partial charge in [0.05, 0.1) is 0 Å². The minimum atomic E-state index is -0.764. The molecule has 0 atom stereocenters. The van der Waals surface area contributed by atoms with Crippen LogP contribution in [0.5, 0.6) is 0 Å². The Hall–Kier alpha value is -1.53. The van der Waals surface area contributed by atoms with Crippen molar-refractivity contribution < 1.29 is 5.03 Å². The predicted molar refractivity (Wildman–Crippen MR) is 24.9 cm³/mol. The van der Waals surface area contributed by atoms with E-state index in [0.717, 1.165) is 0 Å². The van der Waals surface area contributed by atoms with Crippen molar-refractivity contribution in [2.75, 3.05) is 0 Å². The molecule has 1 rings (SSSR count). The maximum Gasteiger partial charge on any atom is 0.267 e. The quantitative estimate of drug-likeness (QED) is 0.359. The first-order valence-corrected chi connectivity index (χ1v) is 2.11. The first-order valence-electron chi connectivity index (χ1n) is 2.11. The molecule has 0 radical (unpaired) electrons. The molecule has 9 heavy (non-hydrogen) atoms. The van der Waals surface area contributed by atoms with Crippen molar-refractivity contribution in [3.05, 3.63) is 15.9 Å². The Balaban J connectivity index is 2.98. The van der Waals surface area contributed by atoms with Crippen molar-refractivity contribution in [3.63, 3.8) is 0 Å². The van der Waals surface area contributed by atoms with Crippen molar-refractivity contribution in [1.82, 2.24) is 20.3 Å². The monoisotopic (exact) mass is 129 g/mol. The second kappa shape index (κ2) is 1.77. The molecule has 0 amide bonds. The molecule has 0 aliphatic heterocycles. The number of aromatic nitrogens is 4. The van der Waals surface area contributed by atoms with Crippen molar-refractivity contribution >= 4 is 0 Å². The van der Waals surface area contributed by atoms with Gasteiger partial charge in [-0.1, -0.05) is 0 Å². The fraction of sp³-hybridized carbons (Fsp3) is 0.500. The van der Waals surface area contributed by atoms with Crippen molar-refractivity contribution in [2.24, 2.45) is 0 Å². The van der Waals surface area contributed by atoms with Gasteiger partial charge in [0.2, 0.25) is 0 Å². The smallest absolute Gasteiger partial charge is 0.267 e. The fourth-order valence-corrected chi connectivity index (χ4v) is 0.343. The lowest BCUT2D eigenvalue weighted by Gasteiger charge is -1.83. The number of aryl methyl sites for hydroxylation is 1. The highest BCUT2D eigenvalue weighted by Crippen LogP contribution is 1.78. The third kappa shape index (κ3) is 0.983. The molecule has 0 saturated carbocycles. The normalized spacial score (nSPS) is 9.44. The van der Waals surface area contributed by atoms with Crippen molar-refractivity contribution in [2.45, 2.75) is 6.92 Å². The largest absolute Gasteiger partial charge is 0.372 e. The van der Waals surface area contributed by atoms with Gasteiger partial charge in [-0.05, 0) is 5.10 Å².